The third-order valence-corrected chi connectivity index (χ3v) is 6.22. The lowest BCUT2D eigenvalue weighted by atomic mass is 10.1. The fourth-order valence-electron chi connectivity index (χ4n) is 2.35. The Bertz CT molecular complexity index is 1060. The van der Waals surface area contributed by atoms with Gasteiger partial charge in [0.15, 0.2) is 15.0 Å². The lowest BCUT2D eigenvalue weighted by Crippen LogP contribution is -2.11. The first-order valence-electron chi connectivity index (χ1n) is 7.59. The summed E-state index contributed by atoms with van der Waals surface area (Å²) in [5, 5.41) is 3.27. The lowest BCUT2D eigenvalue weighted by Gasteiger charge is -2.03. The van der Waals surface area contributed by atoms with Crippen LogP contribution in [0.4, 0.5) is 5.13 Å². The maximum atomic E-state index is 12.4. The Balaban J connectivity index is 1.80. The third-order valence-electron chi connectivity index (χ3n) is 3.68. The van der Waals surface area contributed by atoms with Crippen molar-refractivity contribution in [3.8, 4) is 11.3 Å². The molecule has 0 aliphatic rings. The van der Waals surface area contributed by atoms with Gasteiger partial charge in [0.05, 0.1) is 10.6 Å². The van der Waals surface area contributed by atoms with E-state index in [9.17, 15) is 13.2 Å². The Morgan fingerprint density at radius 3 is 2.27 bits per heavy atom. The van der Waals surface area contributed by atoms with E-state index in [2.05, 4.69) is 26.2 Å². The van der Waals surface area contributed by atoms with E-state index >= 15 is 0 Å². The zero-order chi connectivity index (χ0) is 18.9. The zero-order valence-electron chi connectivity index (χ0n) is 14.0. The van der Waals surface area contributed by atoms with Gasteiger partial charge in [0.1, 0.15) is 0 Å². The molecule has 0 spiro atoms. The first-order chi connectivity index (χ1) is 12.2. The van der Waals surface area contributed by atoms with Crippen LogP contribution in [-0.2, 0) is 9.84 Å². The highest BCUT2D eigenvalue weighted by Gasteiger charge is 2.14. The van der Waals surface area contributed by atoms with Crippen molar-refractivity contribution in [3.63, 3.8) is 0 Å². The molecule has 3 rings (SSSR count). The van der Waals surface area contributed by atoms with Crippen molar-refractivity contribution in [3.05, 3.63) is 63.4 Å². The molecule has 0 aliphatic carbocycles. The summed E-state index contributed by atoms with van der Waals surface area (Å²) in [6.07, 6.45) is 1.13. The standard InChI is InChI=1S/C18H15BrN2O3S2/c1-11-16(12-3-7-14(19)8-4-12)20-18(25-11)21-17(22)13-5-9-15(10-6-13)26(2,23)24/h3-10H,1-2H3,(H,20,21,22). The van der Waals surface area contributed by atoms with Crippen LogP contribution >= 0.6 is 27.3 Å². The monoisotopic (exact) mass is 450 g/mol. The Morgan fingerprint density at radius 1 is 1.08 bits per heavy atom. The third kappa shape index (κ3) is 4.20. The minimum atomic E-state index is -3.29. The zero-order valence-corrected chi connectivity index (χ0v) is 17.2. The molecule has 0 bridgehead atoms. The maximum absolute atomic E-state index is 12.4. The van der Waals surface area contributed by atoms with E-state index in [1.807, 2.05) is 31.2 Å². The predicted octanol–water partition coefficient (Wildman–Crippen LogP) is 4.54. The second-order valence-electron chi connectivity index (χ2n) is 5.68. The maximum Gasteiger partial charge on any atom is 0.257 e. The van der Waals surface area contributed by atoms with Crippen molar-refractivity contribution >= 4 is 48.1 Å². The molecule has 0 atom stereocenters. The van der Waals surface area contributed by atoms with Crippen molar-refractivity contribution in [2.45, 2.75) is 11.8 Å². The number of nitrogens with zero attached hydrogens (tertiary/aromatic N) is 1. The summed E-state index contributed by atoms with van der Waals surface area (Å²) >= 11 is 4.80. The number of carbonyl (C=O) groups is 1. The van der Waals surface area contributed by atoms with Crippen molar-refractivity contribution < 1.29 is 13.2 Å². The minimum Gasteiger partial charge on any atom is -0.298 e. The Labute approximate surface area is 164 Å². The van der Waals surface area contributed by atoms with Gasteiger partial charge in [-0.2, -0.15) is 0 Å². The van der Waals surface area contributed by atoms with Crippen LogP contribution in [0.5, 0.6) is 0 Å². The van der Waals surface area contributed by atoms with Crippen LogP contribution < -0.4 is 5.32 Å². The SMILES string of the molecule is Cc1sc(NC(=O)c2ccc(S(C)(=O)=O)cc2)nc1-c1ccc(Br)cc1. The number of hydrogen-bond acceptors (Lipinski definition) is 5. The summed E-state index contributed by atoms with van der Waals surface area (Å²) in [5.41, 5.74) is 2.17. The van der Waals surface area contributed by atoms with Crippen LogP contribution in [0.3, 0.4) is 0 Å². The molecule has 0 unspecified atom stereocenters. The van der Waals surface area contributed by atoms with E-state index < -0.39 is 9.84 Å². The van der Waals surface area contributed by atoms with Crippen LogP contribution in [0.15, 0.2) is 57.9 Å². The fourth-order valence-corrected chi connectivity index (χ4v) is 4.07. The number of halogens is 1. The lowest BCUT2D eigenvalue weighted by molar-refractivity contribution is 0.102. The van der Waals surface area contributed by atoms with E-state index in [0.717, 1.165) is 26.9 Å². The van der Waals surface area contributed by atoms with E-state index in [0.29, 0.717) is 10.7 Å². The number of sulfone groups is 1. The smallest absolute Gasteiger partial charge is 0.257 e. The summed E-state index contributed by atoms with van der Waals surface area (Å²) in [4.78, 5) is 18.1. The number of aryl methyl sites for hydroxylation is 1. The summed E-state index contributed by atoms with van der Waals surface area (Å²) in [5.74, 6) is -0.332. The molecule has 1 amide bonds. The quantitative estimate of drug-likeness (QED) is 0.632. The molecule has 0 fully saturated rings. The molecule has 2 aromatic carbocycles. The van der Waals surface area contributed by atoms with Gasteiger partial charge in [0.2, 0.25) is 0 Å². The van der Waals surface area contributed by atoms with Gasteiger partial charge in [-0.25, -0.2) is 13.4 Å². The number of anilines is 1. The normalized spacial score (nSPS) is 11.3. The van der Waals surface area contributed by atoms with Gasteiger partial charge >= 0.3 is 0 Å². The van der Waals surface area contributed by atoms with Crippen LogP contribution in [0.25, 0.3) is 11.3 Å². The van der Waals surface area contributed by atoms with Crippen LogP contribution in [0.1, 0.15) is 15.2 Å². The number of hydrogen-bond donors (Lipinski definition) is 1. The predicted molar refractivity (Wildman–Crippen MR) is 107 cm³/mol. The summed E-state index contributed by atoms with van der Waals surface area (Å²) in [6.45, 7) is 1.95. The number of carbonyl (C=O) groups excluding carboxylic acids is 1. The molecular formula is C18H15BrN2O3S2. The first kappa shape index (κ1) is 18.8. The van der Waals surface area contributed by atoms with Gasteiger partial charge in [-0.1, -0.05) is 28.1 Å². The summed E-state index contributed by atoms with van der Waals surface area (Å²) in [6, 6.07) is 13.6. The Kier molecular flexibility index (Phi) is 5.27. The number of amides is 1. The Morgan fingerprint density at radius 2 is 1.69 bits per heavy atom. The molecule has 1 N–H and O–H groups in total. The molecule has 8 heteroatoms. The van der Waals surface area contributed by atoms with E-state index in [-0.39, 0.29) is 10.8 Å². The highest BCUT2D eigenvalue weighted by Crippen LogP contribution is 2.31. The van der Waals surface area contributed by atoms with Crippen molar-refractivity contribution in [1.82, 2.24) is 4.98 Å². The topological polar surface area (TPSA) is 76.1 Å². The highest BCUT2D eigenvalue weighted by molar-refractivity contribution is 9.10. The van der Waals surface area contributed by atoms with Crippen LogP contribution in [-0.4, -0.2) is 25.6 Å². The molecule has 0 aliphatic heterocycles. The minimum absolute atomic E-state index is 0.177. The van der Waals surface area contributed by atoms with E-state index in [1.165, 1.54) is 35.6 Å². The van der Waals surface area contributed by atoms with Gasteiger partial charge in [-0.3, -0.25) is 10.1 Å². The first-order valence-corrected chi connectivity index (χ1v) is 11.1. The molecular weight excluding hydrogens is 436 g/mol. The Hall–Kier alpha value is -2.03. The number of rotatable bonds is 4. The molecule has 5 nitrogen and oxygen atoms in total. The molecule has 3 aromatic rings. The molecule has 134 valence electrons. The van der Waals surface area contributed by atoms with Gasteiger partial charge in [0.25, 0.3) is 5.91 Å². The van der Waals surface area contributed by atoms with Crippen molar-refractivity contribution in [1.29, 1.82) is 0 Å². The van der Waals surface area contributed by atoms with E-state index in [1.54, 1.807) is 0 Å². The second-order valence-corrected chi connectivity index (χ2v) is 9.82. The average Bonchev–Trinajstić information content (AvgIpc) is 2.95. The van der Waals surface area contributed by atoms with Crippen LogP contribution in [0.2, 0.25) is 0 Å². The van der Waals surface area contributed by atoms with Crippen molar-refractivity contribution in [2.75, 3.05) is 11.6 Å². The van der Waals surface area contributed by atoms with Gasteiger partial charge in [-0.05, 0) is 43.3 Å². The van der Waals surface area contributed by atoms with Gasteiger partial charge in [-0.15, -0.1) is 11.3 Å². The molecule has 1 heterocycles. The van der Waals surface area contributed by atoms with Crippen LogP contribution in [0, 0.1) is 6.92 Å². The fraction of sp³-hybridized carbons (Fsp3) is 0.111. The molecule has 0 saturated heterocycles. The second kappa shape index (κ2) is 7.30. The summed E-state index contributed by atoms with van der Waals surface area (Å²) in [7, 11) is -3.29. The largest absolute Gasteiger partial charge is 0.298 e. The summed E-state index contributed by atoms with van der Waals surface area (Å²) < 4.78 is 24.0. The van der Waals surface area contributed by atoms with Gasteiger partial charge < -0.3 is 0 Å². The van der Waals surface area contributed by atoms with E-state index in [4.69, 9.17) is 0 Å². The average molecular weight is 451 g/mol. The number of nitrogens with one attached hydrogen (secondary N) is 1. The number of benzene rings is 2. The molecule has 1 aromatic heterocycles. The number of thiazole rings is 1. The van der Waals surface area contributed by atoms with Gasteiger partial charge in [0, 0.05) is 26.7 Å². The molecule has 0 saturated carbocycles. The molecule has 0 radical (unpaired) electrons. The highest BCUT2D eigenvalue weighted by atomic mass is 79.9. The molecule has 26 heavy (non-hydrogen) atoms. The van der Waals surface area contributed by atoms with Crippen molar-refractivity contribution in [2.24, 2.45) is 0 Å². The number of aromatic nitrogens is 1.